The van der Waals surface area contributed by atoms with Crippen molar-refractivity contribution in [3.8, 4) is 11.5 Å². The number of nitrogens with one attached hydrogen (secondary N) is 1. The minimum atomic E-state index is -0.0889. The summed E-state index contributed by atoms with van der Waals surface area (Å²) in [5, 5.41) is 2.92. The lowest BCUT2D eigenvalue weighted by Gasteiger charge is -2.07. The van der Waals surface area contributed by atoms with Gasteiger partial charge in [-0.3, -0.25) is 9.78 Å². The zero-order chi connectivity index (χ0) is 16.1. The molecule has 116 valence electrons. The highest BCUT2D eigenvalue weighted by molar-refractivity contribution is 7.98. The van der Waals surface area contributed by atoms with Gasteiger partial charge in [0.2, 0.25) is 0 Å². The van der Waals surface area contributed by atoms with E-state index in [-0.39, 0.29) is 5.91 Å². The van der Waals surface area contributed by atoms with Crippen LogP contribution in [0.25, 0.3) is 11.5 Å². The second kappa shape index (κ2) is 7.15. The lowest BCUT2D eigenvalue weighted by molar-refractivity contribution is 0.0951. The third-order valence-electron chi connectivity index (χ3n) is 3.40. The maximum Gasteiger partial charge on any atom is 0.251 e. The van der Waals surface area contributed by atoms with Crippen molar-refractivity contribution in [2.45, 2.75) is 11.4 Å². The highest BCUT2D eigenvalue weighted by Crippen LogP contribution is 2.18. The average molecular weight is 324 g/mol. The van der Waals surface area contributed by atoms with E-state index in [0.717, 1.165) is 16.2 Å². The van der Waals surface area contributed by atoms with E-state index in [1.165, 1.54) is 0 Å². The normalized spacial score (nSPS) is 10.5. The van der Waals surface area contributed by atoms with Gasteiger partial charge in [-0.2, -0.15) is 0 Å². The minimum Gasteiger partial charge on any atom is -0.463 e. The quantitative estimate of drug-likeness (QED) is 0.721. The van der Waals surface area contributed by atoms with E-state index in [4.69, 9.17) is 4.42 Å². The minimum absolute atomic E-state index is 0.0889. The van der Waals surface area contributed by atoms with Gasteiger partial charge in [-0.25, -0.2) is 0 Å². The van der Waals surface area contributed by atoms with Gasteiger partial charge in [0.1, 0.15) is 5.69 Å². The summed E-state index contributed by atoms with van der Waals surface area (Å²) >= 11 is 1.65. The van der Waals surface area contributed by atoms with E-state index in [9.17, 15) is 4.79 Å². The van der Waals surface area contributed by atoms with Crippen LogP contribution in [-0.4, -0.2) is 17.1 Å². The number of hydrogen-bond acceptors (Lipinski definition) is 4. The Hall–Kier alpha value is -2.53. The highest BCUT2D eigenvalue weighted by atomic mass is 32.2. The molecule has 1 aromatic carbocycles. The summed E-state index contributed by atoms with van der Waals surface area (Å²) in [6.45, 7) is 0.444. The Kier molecular flexibility index (Phi) is 4.78. The average Bonchev–Trinajstić information content (AvgIpc) is 3.15. The SMILES string of the molecule is CSc1ccc(C(=O)NCc2ccnc(-c3ccco3)c2)cc1. The lowest BCUT2D eigenvalue weighted by atomic mass is 10.2. The van der Waals surface area contributed by atoms with Crippen molar-refractivity contribution >= 4 is 17.7 Å². The summed E-state index contributed by atoms with van der Waals surface area (Å²) < 4.78 is 5.34. The topological polar surface area (TPSA) is 55.1 Å². The van der Waals surface area contributed by atoms with Gasteiger partial charge in [-0.05, 0) is 60.4 Å². The molecule has 3 aromatic rings. The molecule has 2 aromatic heterocycles. The largest absolute Gasteiger partial charge is 0.463 e. The molecule has 0 aliphatic carbocycles. The standard InChI is InChI=1S/C18H16N2O2S/c1-23-15-6-4-14(5-7-15)18(21)20-12-13-8-9-19-16(11-13)17-3-2-10-22-17/h2-11H,12H2,1H3,(H,20,21). The zero-order valence-corrected chi connectivity index (χ0v) is 13.5. The first-order chi connectivity index (χ1) is 11.3. The third-order valence-corrected chi connectivity index (χ3v) is 4.15. The predicted octanol–water partition coefficient (Wildman–Crippen LogP) is 3.99. The molecule has 0 saturated heterocycles. The molecule has 3 rings (SSSR count). The Bertz CT molecular complexity index is 783. The van der Waals surface area contributed by atoms with Gasteiger partial charge in [0, 0.05) is 23.2 Å². The Morgan fingerprint density at radius 2 is 2.04 bits per heavy atom. The van der Waals surface area contributed by atoms with Crippen molar-refractivity contribution in [3.63, 3.8) is 0 Å². The van der Waals surface area contributed by atoms with Crippen molar-refractivity contribution in [3.05, 3.63) is 72.1 Å². The summed E-state index contributed by atoms with van der Waals surface area (Å²) in [6.07, 6.45) is 5.34. The molecule has 23 heavy (non-hydrogen) atoms. The van der Waals surface area contributed by atoms with Crippen LogP contribution in [0.15, 0.2) is 70.3 Å². The lowest BCUT2D eigenvalue weighted by Crippen LogP contribution is -2.22. The monoisotopic (exact) mass is 324 g/mol. The number of aromatic nitrogens is 1. The Morgan fingerprint density at radius 1 is 1.22 bits per heavy atom. The fraction of sp³-hybridized carbons (Fsp3) is 0.111. The zero-order valence-electron chi connectivity index (χ0n) is 12.7. The molecule has 5 heteroatoms. The molecule has 0 aliphatic rings. The van der Waals surface area contributed by atoms with Gasteiger partial charge in [-0.15, -0.1) is 11.8 Å². The maximum absolute atomic E-state index is 12.2. The number of nitrogens with zero attached hydrogens (tertiary/aromatic N) is 1. The molecular weight excluding hydrogens is 308 g/mol. The molecule has 0 fully saturated rings. The van der Waals surface area contributed by atoms with Crippen LogP contribution < -0.4 is 5.32 Å². The van der Waals surface area contributed by atoms with Crippen molar-refractivity contribution in [1.29, 1.82) is 0 Å². The van der Waals surface area contributed by atoms with Crippen molar-refractivity contribution in [1.82, 2.24) is 10.3 Å². The van der Waals surface area contributed by atoms with Gasteiger partial charge < -0.3 is 9.73 Å². The molecule has 0 saturated carbocycles. The second-order valence-electron chi connectivity index (χ2n) is 4.94. The Labute approximate surface area is 138 Å². The van der Waals surface area contributed by atoms with Crippen LogP contribution in [0, 0.1) is 0 Å². The molecule has 0 bridgehead atoms. The predicted molar refractivity (Wildman–Crippen MR) is 91.3 cm³/mol. The molecule has 4 nitrogen and oxygen atoms in total. The summed E-state index contributed by atoms with van der Waals surface area (Å²) in [5.74, 6) is 0.625. The molecule has 2 heterocycles. The van der Waals surface area contributed by atoms with Crippen molar-refractivity contribution in [2.24, 2.45) is 0 Å². The number of rotatable bonds is 5. The first-order valence-corrected chi connectivity index (χ1v) is 8.40. The van der Waals surface area contributed by atoms with E-state index in [2.05, 4.69) is 10.3 Å². The van der Waals surface area contributed by atoms with Gasteiger partial charge >= 0.3 is 0 Å². The molecule has 0 spiro atoms. The van der Waals surface area contributed by atoms with Gasteiger partial charge in [-0.1, -0.05) is 0 Å². The van der Waals surface area contributed by atoms with E-state index in [0.29, 0.717) is 17.9 Å². The van der Waals surface area contributed by atoms with Crippen LogP contribution in [-0.2, 0) is 6.54 Å². The van der Waals surface area contributed by atoms with Gasteiger partial charge in [0.25, 0.3) is 5.91 Å². The fourth-order valence-electron chi connectivity index (χ4n) is 2.17. The molecule has 0 radical (unpaired) electrons. The van der Waals surface area contributed by atoms with Crippen LogP contribution in [0.4, 0.5) is 0 Å². The smallest absolute Gasteiger partial charge is 0.251 e. The van der Waals surface area contributed by atoms with Crippen LogP contribution >= 0.6 is 11.8 Å². The van der Waals surface area contributed by atoms with E-state index in [1.54, 1.807) is 24.2 Å². The van der Waals surface area contributed by atoms with Crippen molar-refractivity contribution in [2.75, 3.05) is 6.26 Å². The number of carbonyl (C=O) groups is 1. The first-order valence-electron chi connectivity index (χ1n) is 7.17. The van der Waals surface area contributed by atoms with Crippen LogP contribution in [0.1, 0.15) is 15.9 Å². The molecule has 1 N–H and O–H groups in total. The van der Waals surface area contributed by atoms with E-state index in [1.807, 2.05) is 54.8 Å². The summed E-state index contributed by atoms with van der Waals surface area (Å²) in [5.41, 5.74) is 2.38. The number of amides is 1. The second-order valence-corrected chi connectivity index (χ2v) is 5.82. The number of thioether (sulfide) groups is 1. The number of hydrogen-bond donors (Lipinski definition) is 1. The molecule has 0 atom stereocenters. The number of benzene rings is 1. The van der Waals surface area contributed by atoms with Crippen LogP contribution in [0.3, 0.4) is 0 Å². The maximum atomic E-state index is 12.2. The van der Waals surface area contributed by atoms with Gasteiger partial charge in [0.05, 0.1) is 6.26 Å². The Balaban J connectivity index is 1.65. The third kappa shape index (κ3) is 3.81. The van der Waals surface area contributed by atoms with Crippen molar-refractivity contribution < 1.29 is 9.21 Å². The van der Waals surface area contributed by atoms with Gasteiger partial charge in [0.15, 0.2) is 5.76 Å². The summed E-state index contributed by atoms with van der Waals surface area (Å²) in [6, 6.07) is 15.0. The first kappa shape index (κ1) is 15.4. The number of carbonyl (C=O) groups excluding carboxylic acids is 1. The van der Waals surface area contributed by atoms with Crippen LogP contribution in [0.2, 0.25) is 0 Å². The Morgan fingerprint density at radius 3 is 2.74 bits per heavy atom. The summed E-state index contributed by atoms with van der Waals surface area (Å²) in [4.78, 5) is 17.6. The molecule has 1 amide bonds. The number of furan rings is 1. The summed E-state index contributed by atoms with van der Waals surface area (Å²) in [7, 11) is 0. The fourth-order valence-corrected chi connectivity index (χ4v) is 2.58. The van der Waals surface area contributed by atoms with Crippen LogP contribution in [0.5, 0.6) is 0 Å². The van der Waals surface area contributed by atoms with E-state index < -0.39 is 0 Å². The number of pyridine rings is 1. The molecular formula is C18H16N2O2S. The highest BCUT2D eigenvalue weighted by Gasteiger charge is 2.07. The molecule has 0 unspecified atom stereocenters. The van der Waals surface area contributed by atoms with E-state index >= 15 is 0 Å². The molecule has 0 aliphatic heterocycles.